The van der Waals surface area contributed by atoms with Crippen molar-refractivity contribution in [3.05, 3.63) is 60.4 Å². The summed E-state index contributed by atoms with van der Waals surface area (Å²) < 4.78 is 26.6. The van der Waals surface area contributed by atoms with Crippen molar-refractivity contribution in [2.45, 2.75) is 23.8 Å². The maximum atomic E-state index is 12.6. The number of rotatable bonds is 6. The summed E-state index contributed by atoms with van der Waals surface area (Å²) in [5.41, 5.74) is 7.08. The van der Waals surface area contributed by atoms with E-state index in [4.69, 9.17) is 5.73 Å². The van der Waals surface area contributed by atoms with Crippen LogP contribution in [0, 0.1) is 5.92 Å². The van der Waals surface area contributed by atoms with E-state index in [9.17, 15) is 13.2 Å². The van der Waals surface area contributed by atoms with Gasteiger partial charge in [-0.2, -0.15) is 4.31 Å². The molecule has 1 aromatic heterocycles. The Kier molecular flexibility index (Phi) is 6.20. The Morgan fingerprint density at radius 2 is 1.89 bits per heavy atom. The minimum atomic E-state index is -3.55. The monoisotopic (exact) mass is 388 g/mol. The SMILES string of the molecule is NC(CNC(=O)C1CCN(S(=O)(=O)c2cccnc2)CC1)c1ccccc1. The number of nitrogens with two attached hydrogens (primary N) is 1. The molecule has 1 aliphatic heterocycles. The van der Waals surface area contributed by atoms with Crippen LogP contribution in [-0.4, -0.2) is 43.2 Å². The number of nitrogens with zero attached hydrogens (tertiary/aromatic N) is 2. The summed E-state index contributed by atoms with van der Waals surface area (Å²) in [4.78, 5) is 16.5. The van der Waals surface area contributed by atoms with E-state index in [1.807, 2.05) is 30.3 Å². The van der Waals surface area contributed by atoms with Crippen LogP contribution in [0.15, 0.2) is 59.8 Å². The largest absolute Gasteiger partial charge is 0.354 e. The first-order valence-electron chi connectivity index (χ1n) is 8.97. The Balaban J connectivity index is 1.51. The first kappa shape index (κ1) is 19.5. The molecule has 27 heavy (non-hydrogen) atoms. The second kappa shape index (κ2) is 8.60. The molecule has 0 spiro atoms. The third kappa shape index (κ3) is 4.71. The maximum absolute atomic E-state index is 12.6. The summed E-state index contributed by atoms with van der Waals surface area (Å²) in [6.07, 6.45) is 3.87. The van der Waals surface area contributed by atoms with Crippen molar-refractivity contribution in [2.24, 2.45) is 11.7 Å². The van der Waals surface area contributed by atoms with Gasteiger partial charge in [0.15, 0.2) is 0 Å². The molecular weight excluding hydrogens is 364 g/mol. The molecule has 2 heterocycles. The molecule has 7 nitrogen and oxygen atoms in total. The minimum absolute atomic E-state index is 0.0696. The molecule has 0 saturated carbocycles. The fourth-order valence-electron chi connectivity index (χ4n) is 3.18. The van der Waals surface area contributed by atoms with E-state index in [1.165, 1.54) is 22.8 Å². The molecule has 0 aliphatic carbocycles. The highest BCUT2D eigenvalue weighted by molar-refractivity contribution is 7.89. The Morgan fingerprint density at radius 1 is 1.19 bits per heavy atom. The van der Waals surface area contributed by atoms with Gasteiger partial charge in [-0.25, -0.2) is 8.42 Å². The van der Waals surface area contributed by atoms with Crippen LogP contribution >= 0.6 is 0 Å². The van der Waals surface area contributed by atoms with Crippen LogP contribution in [0.1, 0.15) is 24.4 Å². The van der Waals surface area contributed by atoms with E-state index in [0.29, 0.717) is 32.5 Å². The van der Waals surface area contributed by atoms with Gasteiger partial charge in [0.2, 0.25) is 15.9 Å². The molecule has 1 unspecified atom stereocenters. The third-order valence-corrected chi connectivity index (χ3v) is 6.70. The summed E-state index contributed by atoms with van der Waals surface area (Å²) in [7, 11) is -3.55. The zero-order chi connectivity index (χ0) is 19.3. The lowest BCUT2D eigenvalue weighted by Crippen LogP contribution is -2.44. The van der Waals surface area contributed by atoms with E-state index in [2.05, 4.69) is 10.3 Å². The number of piperidine rings is 1. The molecule has 0 bridgehead atoms. The quantitative estimate of drug-likeness (QED) is 0.776. The Morgan fingerprint density at radius 3 is 2.52 bits per heavy atom. The Bertz CT molecular complexity index is 851. The van der Waals surface area contributed by atoms with Crippen molar-refractivity contribution < 1.29 is 13.2 Å². The van der Waals surface area contributed by atoms with Gasteiger partial charge >= 0.3 is 0 Å². The topological polar surface area (TPSA) is 105 Å². The number of carbonyl (C=O) groups is 1. The number of sulfonamides is 1. The van der Waals surface area contributed by atoms with Gasteiger partial charge in [-0.3, -0.25) is 9.78 Å². The Hall–Kier alpha value is -2.29. The lowest BCUT2D eigenvalue weighted by atomic mass is 9.97. The first-order valence-corrected chi connectivity index (χ1v) is 10.4. The maximum Gasteiger partial charge on any atom is 0.244 e. The molecule has 1 aromatic carbocycles. The second-order valence-electron chi connectivity index (χ2n) is 6.63. The highest BCUT2D eigenvalue weighted by atomic mass is 32.2. The van der Waals surface area contributed by atoms with Crippen molar-refractivity contribution in [3.63, 3.8) is 0 Å². The zero-order valence-corrected chi connectivity index (χ0v) is 15.8. The summed E-state index contributed by atoms with van der Waals surface area (Å²) in [5, 5.41) is 2.89. The number of aromatic nitrogens is 1. The number of hydrogen-bond donors (Lipinski definition) is 2. The minimum Gasteiger partial charge on any atom is -0.354 e. The van der Waals surface area contributed by atoms with Crippen molar-refractivity contribution in [3.8, 4) is 0 Å². The van der Waals surface area contributed by atoms with Crippen LogP contribution < -0.4 is 11.1 Å². The summed E-state index contributed by atoms with van der Waals surface area (Å²) in [5.74, 6) is -0.270. The lowest BCUT2D eigenvalue weighted by Gasteiger charge is -2.30. The van der Waals surface area contributed by atoms with Crippen LogP contribution in [0.3, 0.4) is 0 Å². The van der Waals surface area contributed by atoms with E-state index in [1.54, 1.807) is 6.07 Å². The number of carbonyl (C=O) groups excluding carboxylic acids is 1. The smallest absolute Gasteiger partial charge is 0.244 e. The molecule has 0 radical (unpaired) electrons. The van der Waals surface area contributed by atoms with Crippen LogP contribution in [0.2, 0.25) is 0 Å². The molecule has 1 aliphatic rings. The van der Waals surface area contributed by atoms with Crippen molar-refractivity contribution >= 4 is 15.9 Å². The molecular formula is C19H24N4O3S. The predicted molar refractivity (Wildman–Crippen MR) is 102 cm³/mol. The lowest BCUT2D eigenvalue weighted by molar-refractivity contribution is -0.126. The predicted octanol–water partition coefficient (Wildman–Crippen LogP) is 1.30. The molecule has 1 amide bonds. The molecule has 1 fully saturated rings. The van der Waals surface area contributed by atoms with Gasteiger partial charge in [-0.1, -0.05) is 30.3 Å². The number of benzene rings is 1. The summed E-state index contributed by atoms with van der Waals surface area (Å²) in [6.45, 7) is 0.997. The van der Waals surface area contributed by atoms with Gasteiger partial charge in [-0.05, 0) is 30.5 Å². The molecule has 144 valence electrons. The molecule has 3 rings (SSSR count). The summed E-state index contributed by atoms with van der Waals surface area (Å²) in [6, 6.07) is 12.5. The van der Waals surface area contributed by atoms with Crippen LogP contribution in [0.4, 0.5) is 0 Å². The Labute approximate surface area is 159 Å². The van der Waals surface area contributed by atoms with Crippen LogP contribution in [0.5, 0.6) is 0 Å². The van der Waals surface area contributed by atoms with Crippen molar-refractivity contribution in [1.82, 2.24) is 14.6 Å². The first-order chi connectivity index (χ1) is 13.0. The molecule has 1 saturated heterocycles. The van der Waals surface area contributed by atoms with Gasteiger partial charge in [-0.15, -0.1) is 0 Å². The molecule has 8 heteroatoms. The van der Waals surface area contributed by atoms with Gasteiger partial charge in [0.1, 0.15) is 4.90 Å². The fraction of sp³-hybridized carbons (Fsp3) is 0.368. The number of pyridine rings is 1. The number of nitrogens with one attached hydrogen (secondary N) is 1. The average molecular weight is 388 g/mol. The van der Waals surface area contributed by atoms with E-state index in [0.717, 1.165) is 5.56 Å². The second-order valence-corrected chi connectivity index (χ2v) is 8.57. The summed E-state index contributed by atoms with van der Waals surface area (Å²) >= 11 is 0. The van der Waals surface area contributed by atoms with Gasteiger partial charge in [0, 0.05) is 44.0 Å². The standard InChI is InChI=1S/C19H24N4O3S/c20-18(15-5-2-1-3-6-15)14-22-19(24)16-8-11-23(12-9-16)27(25,26)17-7-4-10-21-13-17/h1-7,10,13,16,18H,8-9,11-12,14,20H2,(H,22,24). The van der Waals surface area contributed by atoms with E-state index < -0.39 is 10.0 Å². The fourth-order valence-corrected chi connectivity index (χ4v) is 4.61. The van der Waals surface area contributed by atoms with E-state index >= 15 is 0 Å². The van der Waals surface area contributed by atoms with Crippen molar-refractivity contribution in [1.29, 1.82) is 0 Å². The van der Waals surface area contributed by atoms with Gasteiger partial charge in [0.25, 0.3) is 0 Å². The zero-order valence-electron chi connectivity index (χ0n) is 15.0. The highest BCUT2D eigenvalue weighted by Gasteiger charge is 2.32. The van der Waals surface area contributed by atoms with Gasteiger partial charge < -0.3 is 11.1 Å². The molecule has 2 aromatic rings. The van der Waals surface area contributed by atoms with Crippen LogP contribution in [-0.2, 0) is 14.8 Å². The third-order valence-electron chi connectivity index (χ3n) is 4.82. The number of hydrogen-bond acceptors (Lipinski definition) is 5. The number of amides is 1. The van der Waals surface area contributed by atoms with Gasteiger partial charge in [0.05, 0.1) is 0 Å². The van der Waals surface area contributed by atoms with Crippen molar-refractivity contribution in [2.75, 3.05) is 19.6 Å². The van der Waals surface area contributed by atoms with E-state index in [-0.39, 0.29) is 22.8 Å². The molecule has 1 atom stereocenters. The molecule has 3 N–H and O–H groups in total. The highest BCUT2D eigenvalue weighted by Crippen LogP contribution is 2.23. The van der Waals surface area contributed by atoms with Crippen LogP contribution in [0.25, 0.3) is 0 Å². The normalized spacial score (nSPS) is 17.4. The average Bonchev–Trinajstić information content (AvgIpc) is 2.73.